The number of para-hydroxylation sites is 2. The molecule has 0 atom stereocenters. The molecule has 0 fully saturated rings. The number of aryl methyl sites for hydroxylation is 1. The molecule has 48 heavy (non-hydrogen) atoms. The summed E-state index contributed by atoms with van der Waals surface area (Å²) in [5, 5.41) is 2.34. The first kappa shape index (κ1) is 32.4. The van der Waals surface area contributed by atoms with Crippen molar-refractivity contribution in [2.75, 3.05) is 0 Å². The van der Waals surface area contributed by atoms with E-state index in [1.54, 1.807) is 0 Å². The summed E-state index contributed by atoms with van der Waals surface area (Å²) < 4.78 is 57.9. The van der Waals surface area contributed by atoms with Crippen molar-refractivity contribution < 1.29 is 31.3 Å². The number of hydrogen-bond acceptors (Lipinski definition) is 3. The Balaban J connectivity index is 0.000000749. The quantitative estimate of drug-likeness (QED) is 0.102. The lowest BCUT2D eigenvalue weighted by Crippen LogP contribution is -2.23. The van der Waals surface area contributed by atoms with Crippen LogP contribution in [-0.4, -0.2) is 21.4 Å². The van der Waals surface area contributed by atoms with Crippen LogP contribution in [0.4, 0.5) is 17.3 Å². The van der Waals surface area contributed by atoms with Gasteiger partial charge in [-0.25, -0.2) is 9.55 Å². The highest BCUT2D eigenvalue weighted by Crippen LogP contribution is 2.36. The minimum atomic E-state index is -6.00. The molecule has 0 spiro atoms. The molecule has 0 aliphatic rings. The summed E-state index contributed by atoms with van der Waals surface area (Å²) >= 11 is 0. The van der Waals surface area contributed by atoms with Crippen molar-refractivity contribution in [3.05, 3.63) is 133 Å². The van der Waals surface area contributed by atoms with Gasteiger partial charge in [-0.1, -0.05) is 63.2 Å². The number of fused-ring (bicyclic) bond motifs is 3. The molecule has 0 bridgehead atoms. The molecule has 0 saturated heterocycles. The highest BCUT2D eigenvalue weighted by molar-refractivity contribution is 6.50. The van der Waals surface area contributed by atoms with E-state index in [-0.39, 0.29) is 5.41 Å². The van der Waals surface area contributed by atoms with E-state index < -0.39 is 7.25 Å². The molecule has 0 aliphatic carbocycles. The Morgan fingerprint density at radius 2 is 1.35 bits per heavy atom. The van der Waals surface area contributed by atoms with Crippen LogP contribution in [0.3, 0.4) is 0 Å². The van der Waals surface area contributed by atoms with Gasteiger partial charge in [0.1, 0.15) is 28.8 Å². The molecular weight excluding hydrogens is 619 g/mol. The standard InChI is InChI=1S/C37H33N4O2.BF4/c1-37(2,3)26-19-20-38-35(21-26)41-33-16-9-8-15-31(33)32-18-17-30(23-34(32)41)42-29-14-10-11-27(22-29)40-25-39(4)24-36(40)43-28-12-6-5-7-13-28;2-1(3,4)5/h5-25H,1-4H3;/q+1;-1. The maximum Gasteiger partial charge on any atom is 0.673 e. The molecule has 6 nitrogen and oxygen atoms in total. The van der Waals surface area contributed by atoms with E-state index in [0.717, 1.165) is 45.2 Å². The third-order valence-corrected chi connectivity index (χ3v) is 7.63. The Morgan fingerprint density at radius 3 is 2.10 bits per heavy atom. The van der Waals surface area contributed by atoms with Crippen LogP contribution < -0.4 is 14.0 Å². The minimum Gasteiger partial charge on any atom is -0.457 e. The van der Waals surface area contributed by atoms with E-state index in [1.165, 1.54) is 10.9 Å². The number of pyridine rings is 1. The zero-order chi connectivity index (χ0) is 34.1. The van der Waals surface area contributed by atoms with E-state index in [2.05, 4.69) is 73.9 Å². The first-order chi connectivity index (χ1) is 22.8. The van der Waals surface area contributed by atoms with E-state index in [4.69, 9.17) is 14.5 Å². The fraction of sp³-hybridized carbons (Fsp3) is 0.135. The third-order valence-electron chi connectivity index (χ3n) is 7.63. The van der Waals surface area contributed by atoms with Gasteiger partial charge in [-0.3, -0.25) is 4.57 Å². The maximum absolute atomic E-state index is 9.75. The van der Waals surface area contributed by atoms with Crippen molar-refractivity contribution in [2.24, 2.45) is 7.05 Å². The minimum absolute atomic E-state index is 0.0124. The summed E-state index contributed by atoms with van der Waals surface area (Å²) in [4.78, 5) is 4.80. The molecule has 3 heterocycles. The van der Waals surface area contributed by atoms with Gasteiger partial charge >= 0.3 is 13.1 Å². The van der Waals surface area contributed by atoms with Gasteiger partial charge in [-0.05, 0) is 65.6 Å². The smallest absolute Gasteiger partial charge is 0.457 e. The lowest BCUT2D eigenvalue weighted by molar-refractivity contribution is -0.670. The SMILES string of the molecule is C[n+]1cc(Oc2ccccc2)n(-c2cccc(Oc3ccc4c5ccccc5n(-c5cc(C(C)(C)C)ccn5)c4c3)c2)c1.F[B-](F)(F)F. The number of aromatic nitrogens is 4. The van der Waals surface area contributed by atoms with Gasteiger partial charge in [0.05, 0.1) is 18.1 Å². The first-order valence-corrected chi connectivity index (χ1v) is 15.3. The molecule has 0 unspecified atom stereocenters. The van der Waals surface area contributed by atoms with E-state index in [9.17, 15) is 17.3 Å². The summed E-state index contributed by atoms with van der Waals surface area (Å²) in [7, 11) is -4.02. The largest absolute Gasteiger partial charge is 0.673 e. The number of nitrogens with zero attached hydrogens (tertiary/aromatic N) is 4. The van der Waals surface area contributed by atoms with Crippen molar-refractivity contribution in [1.29, 1.82) is 0 Å². The Hall–Kier alpha value is -5.58. The van der Waals surface area contributed by atoms with Crippen LogP contribution in [0.2, 0.25) is 0 Å². The Labute approximate surface area is 275 Å². The molecular formula is C37H33BF4N4O2. The zero-order valence-electron chi connectivity index (χ0n) is 26.8. The molecule has 7 aromatic rings. The number of halogens is 4. The van der Waals surface area contributed by atoms with Crippen LogP contribution in [0.5, 0.6) is 23.1 Å². The van der Waals surface area contributed by atoms with Gasteiger partial charge in [0.15, 0.2) is 6.20 Å². The number of imidazole rings is 1. The number of rotatable bonds is 6. The van der Waals surface area contributed by atoms with Crippen molar-refractivity contribution in [3.8, 4) is 34.6 Å². The highest BCUT2D eigenvalue weighted by Gasteiger charge is 2.21. The number of ether oxygens (including phenoxy) is 2. The normalized spacial score (nSPS) is 11.8. The van der Waals surface area contributed by atoms with Crippen molar-refractivity contribution in [1.82, 2.24) is 14.1 Å². The second-order valence-corrected chi connectivity index (χ2v) is 12.3. The van der Waals surface area contributed by atoms with Gasteiger partial charge in [0.25, 0.3) is 6.33 Å². The topological polar surface area (TPSA) is 45.1 Å². The Bertz CT molecular complexity index is 2200. The Morgan fingerprint density at radius 1 is 0.688 bits per heavy atom. The number of benzene rings is 4. The predicted octanol–water partition coefficient (Wildman–Crippen LogP) is 9.98. The van der Waals surface area contributed by atoms with Gasteiger partial charge in [0.2, 0.25) is 0 Å². The number of hydrogen-bond donors (Lipinski definition) is 0. The van der Waals surface area contributed by atoms with Gasteiger partial charge in [-0.15, -0.1) is 0 Å². The average molecular weight is 653 g/mol. The summed E-state index contributed by atoms with van der Waals surface area (Å²) in [5.41, 5.74) is 4.34. The van der Waals surface area contributed by atoms with E-state index in [0.29, 0.717) is 5.88 Å². The van der Waals surface area contributed by atoms with Crippen LogP contribution in [-0.2, 0) is 12.5 Å². The lowest BCUT2D eigenvalue weighted by atomic mass is 9.88. The predicted molar refractivity (Wildman–Crippen MR) is 181 cm³/mol. The molecule has 0 radical (unpaired) electrons. The second-order valence-electron chi connectivity index (χ2n) is 12.3. The maximum atomic E-state index is 9.75. The summed E-state index contributed by atoms with van der Waals surface area (Å²) in [6.45, 7) is 6.67. The first-order valence-electron chi connectivity index (χ1n) is 15.3. The van der Waals surface area contributed by atoms with Crippen LogP contribution >= 0.6 is 0 Å². The van der Waals surface area contributed by atoms with Crippen LogP contribution in [0, 0.1) is 0 Å². The fourth-order valence-corrected chi connectivity index (χ4v) is 5.49. The second kappa shape index (κ2) is 12.9. The summed E-state index contributed by atoms with van der Waals surface area (Å²) in [6, 6.07) is 36.9. The zero-order valence-corrected chi connectivity index (χ0v) is 26.8. The van der Waals surface area contributed by atoms with E-state index in [1.807, 2.05) is 95.6 Å². The van der Waals surface area contributed by atoms with Crippen LogP contribution in [0.25, 0.3) is 33.3 Å². The van der Waals surface area contributed by atoms with Crippen molar-refractivity contribution >= 4 is 29.1 Å². The molecule has 0 aliphatic heterocycles. The molecule has 244 valence electrons. The third kappa shape index (κ3) is 7.36. The van der Waals surface area contributed by atoms with Crippen LogP contribution in [0.15, 0.2) is 128 Å². The fourth-order valence-electron chi connectivity index (χ4n) is 5.49. The van der Waals surface area contributed by atoms with Gasteiger partial charge in [-0.2, -0.15) is 4.57 Å². The molecule has 0 saturated carbocycles. The Kier molecular flexibility index (Phi) is 8.70. The lowest BCUT2D eigenvalue weighted by Gasteiger charge is -2.20. The van der Waals surface area contributed by atoms with Gasteiger partial charge in [0, 0.05) is 29.1 Å². The molecule has 4 aromatic carbocycles. The molecule has 0 amide bonds. The van der Waals surface area contributed by atoms with Crippen LogP contribution in [0.1, 0.15) is 26.3 Å². The van der Waals surface area contributed by atoms with E-state index >= 15 is 0 Å². The van der Waals surface area contributed by atoms with Gasteiger partial charge < -0.3 is 26.7 Å². The molecule has 0 N–H and O–H groups in total. The summed E-state index contributed by atoms with van der Waals surface area (Å²) in [6.07, 6.45) is 5.84. The summed E-state index contributed by atoms with van der Waals surface area (Å²) in [5.74, 6) is 3.86. The van der Waals surface area contributed by atoms with Crippen molar-refractivity contribution in [3.63, 3.8) is 0 Å². The monoisotopic (exact) mass is 652 g/mol. The molecule has 11 heteroatoms. The van der Waals surface area contributed by atoms with Crippen molar-refractivity contribution in [2.45, 2.75) is 26.2 Å². The molecule has 7 rings (SSSR count). The average Bonchev–Trinajstić information content (AvgIpc) is 3.57. The highest BCUT2D eigenvalue weighted by atomic mass is 19.5. The molecule has 3 aromatic heterocycles.